The molecule has 0 rings (SSSR count). The maximum atomic E-state index is 11.5. The van der Waals surface area contributed by atoms with Gasteiger partial charge in [0.1, 0.15) is 0 Å². The Hall–Kier alpha value is -1.10. The zero-order valence-corrected chi connectivity index (χ0v) is 11.3. The zero-order valence-electron chi connectivity index (χ0n) is 11.3. The third kappa shape index (κ3) is 9.81. The van der Waals surface area contributed by atoms with Gasteiger partial charge in [-0.25, -0.2) is 0 Å². The molecule has 1 atom stereocenters. The first-order valence-corrected chi connectivity index (χ1v) is 5.97. The molecule has 5 heteroatoms. The summed E-state index contributed by atoms with van der Waals surface area (Å²) in [6.07, 6.45) is 1.41. The highest BCUT2D eigenvalue weighted by atomic mass is 16.2. The number of hydrogen-bond acceptors (Lipinski definition) is 3. The quantitative estimate of drug-likeness (QED) is 0.631. The van der Waals surface area contributed by atoms with Gasteiger partial charge < -0.3 is 16.4 Å². The molecule has 0 aliphatic heterocycles. The van der Waals surface area contributed by atoms with Crippen molar-refractivity contribution in [2.75, 3.05) is 13.6 Å². The SMILES string of the molecule is CNC(=O)CCNC(=O)CC(N)CC(C)(C)C. The molecule has 0 aromatic rings. The molecule has 5 nitrogen and oxygen atoms in total. The maximum absolute atomic E-state index is 11.5. The molecular formula is C12H25N3O2. The van der Waals surface area contributed by atoms with E-state index < -0.39 is 0 Å². The van der Waals surface area contributed by atoms with Gasteiger partial charge in [-0.2, -0.15) is 0 Å². The van der Waals surface area contributed by atoms with Gasteiger partial charge in [0.05, 0.1) is 0 Å². The van der Waals surface area contributed by atoms with Gasteiger partial charge in [-0.15, -0.1) is 0 Å². The molecule has 4 N–H and O–H groups in total. The van der Waals surface area contributed by atoms with Crippen molar-refractivity contribution in [2.24, 2.45) is 11.1 Å². The molecule has 0 heterocycles. The average Bonchev–Trinajstić information content (AvgIpc) is 2.13. The van der Waals surface area contributed by atoms with Crippen LogP contribution in [0.3, 0.4) is 0 Å². The molecule has 0 saturated carbocycles. The lowest BCUT2D eigenvalue weighted by atomic mass is 9.87. The van der Waals surface area contributed by atoms with Crippen molar-refractivity contribution in [1.82, 2.24) is 10.6 Å². The third-order valence-corrected chi connectivity index (χ3v) is 2.28. The topological polar surface area (TPSA) is 84.2 Å². The highest BCUT2D eigenvalue weighted by Gasteiger charge is 2.17. The lowest BCUT2D eigenvalue weighted by Crippen LogP contribution is -2.35. The molecule has 0 aromatic carbocycles. The Kier molecular flexibility index (Phi) is 6.80. The van der Waals surface area contributed by atoms with Crippen LogP contribution in [0.2, 0.25) is 0 Å². The molecule has 0 saturated heterocycles. The standard InChI is InChI=1S/C12H25N3O2/c1-12(2,3)8-9(13)7-11(17)15-6-5-10(16)14-4/h9H,5-8,13H2,1-4H3,(H,14,16)(H,15,17). The smallest absolute Gasteiger partial charge is 0.221 e. The number of amides is 2. The Morgan fingerprint density at radius 1 is 1.24 bits per heavy atom. The Labute approximate surface area is 104 Å². The van der Waals surface area contributed by atoms with Gasteiger partial charge in [-0.1, -0.05) is 20.8 Å². The molecular weight excluding hydrogens is 218 g/mol. The number of rotatable bonds is 6. The van der Waals surface area contributed by atoms with Gasteiger partial charge in [-0.3, -0.25) is 9.59 Å². The summed E-state index contributed by atoms with van der Waals surface area (Å²) >= 11 is 0. The molecule has 0 fully saturated rings. The minimum atomic E-state index is -0.130. The van der Waals surface area contributed by atoms with Gasteiger partial charge in [0.25, 0.3) is 0 Å². The van der Waals surface area contributed by atoms with Crippen molar-refractivity contribution < 1.29 is 9.59 Å². The average molecular weight is 243 g/mol. The van der Waals surface area contributed by atoms with E-state index in [2.05, 4.69) is 31.4 Å². The summed E-state index contributed by atoms with van der Waals surface area (Å²) in [6, 6.07) is -0.130. The highest BCUT2D eigenvalue weighted by Crippen LogP contribution is 2.20. The minimum absolute atomic E-state index is 0.0794. The van der Waals surface area contributed by atoms with Gasteiger partial charge in [0, 0.05) is 32.5 Å². The van der Waals surface area contributed by atoms with Crippen molar-refractivity contribution in [1.29, 1.82) is 0 Å². The lowest BCUT2D eigenvalue weighted by Gasteiger charge is -2.22. The molecule has 0 bridgehead atoms. The van der Waals surface area contributed by atoms with Crippen molar-refractivity contribution in [3.8, 4) is 0 Å². The molecule has 100 valence electrons. The zero-order chi connectivity index (χ0) is 13.5. The molecule has 0 radical (unpaired) electrons. The molecule has 0 aliphatic rings. The fraction of sp³-hybridized carbons (Fsp3) is 0.833. The van der Waals surface area contributed by atoms with Crippen LogP contribution in [0.5, 0.6) is 0 Å². The van der Waals surface area contributed by atoms with Gasteiger partial charge in [-0.05, 0) is 11.8 Å². The van der Waals surface area contributed by atoms with Crippen LogP contribution in [0.1, 0.15) is 40.0 Å². The molecule has 0 aliphatic carbocycles. The predicted octanol–water partition coefficient (Wildman–Crippen LogP) is 0.392. The molecule has 1 unspecified atom stereocenters. The van der Waals surface area contributed by atoms with Crippen LogP contribution < -0.4 is 16.4 Å². The fourth-order valence-electron chi connectivity index (χ4n) is 1.61. The summed E-state index contributed by atoms with van der Waals surface area (Å²) < 4.78 is 0. The summed E-state index contributed by atoms with van der Waals surface area (Å²) in [6.45, 7) is 6.64. The summed E-state index contributed by atoms with van der Waals surface area (Å²) in [5, 5.41) is 5.18. The van der Waals surface area contributed by atoms with E-state index in [0.29, 0.717) is 19.4 Å². The number of hydrogen-bond donors (Lipinski definition) is 3. The molecule has 2 amide bonds. The fourth-order valence-corrected chi connectivity index (χ4v) is 1.61. The Balaban J connectivity index is 3.75. The van der Waals surface area contributed by atoms with Crippen molar-refractivity contribution in [3.05, 3.63) is 0 Å². The number of carbonyl (C=O) groups is 2. The lowest BCUT2D eigenvalue weighted by molar-refractivity contribution is -0.122. The summed E-state index contributed by atoms with van der Waals surface area (Å²) in [7, 11) is 1.57. The predicted molar refractivity (Wildman–Crippen MR) is 68.4 cm³/mol. The Bertz CT molecular complexity index is 259. The van der Waals surface area contributed by atoms with E-state index in [-0.39, 0.29) is 23.3 Å². The van der Waals surface area contributed by atoms with Crippen LogP contribution in [0.15, 0.2) is 0 Å². The van der Waals surface area contributed by atoms with Gasteiger partial charge in [0.15, 0.2) is 0 Å². The summed E-state index contributed by atoms with van der Waals surface area (Å²) in [4.78, 5) is 22.4. The second-order valence-electron chi connectivity index (χ2n) is 5.50. The number of nitrogens with one attached hydrogen (secondary N) is 2. The third-order valence-electron chi connectivity index (χ3n) is 2.28. The van der Waals surface area contributed by atoms with E-state index in [1.807, 2.05) is 0 Å². The van der Waals surface area contributed by atoms with Crippen LogP contribution in [0.4, 0.5) is 0 Å². The van der Waals surface area contributed by atoms with E-state index in [0.717, 1.165) is 6.42 Å². The van der Waals surface area contributed by atoms with Gasteiger partial charge in [0.2, 0.25) is 11.8 Å². The van der Waals surface area contributed by atoms with Crippen LogP contribution in [-0.4, -0.2) is 31.4 Å². The Morgan fingerprint density at radius 2 is 1.82 bits per heavy atom. The number of nitrogens with two attached hydrogens (primary N) is 1. The second kappa shape index (κ2) is 7.27. The second-order valence-corrected chi connectivity index (χ2v) is 5.50. The highest BCUT2D eigenvalue weighted by molar-refractivity contribution is 5.79. The van der Waals surface area contributed by atoms with Crippen LogP contribution in [-0.2, 0) is 9.59 Å². The van der Waals surface area contributed by atoms with E-state index >= 15 is 0 Å². The number of carbonyl (C=O) groups excluding carboxylic acids is 2. The van der Waals surface area contributed by atoms with E-state index in [1.165, 1.54) is 0 Å². The Morgan fingerprint density at radius 3 is 2.29 bits per heavy atom. The maximum Gasteiger partial charge on any atom is 0.221 e. The first-order chi connectivity index (χ1) is 7.74. The normalized spacial score (nSPS) is 13.0. The van der Waals surface area contributed by atoms with Gasteiger partial charge >= 0.3 is 0 Å². The minimum Gasteiger partial charge on any atom is -0.359 e. The molecule has 17 heavy (non-hydrogen) atoms. The van der Waals surface area contributed by atoms with Crippen LogP contribution in [0, 0.1) is 5.41 Å². The van der Waals surface area contributed by atoms with E-state index in [9.17, 15) is 9.59 Å². The van der Waals surface area contributed by atoms with Crippen molar-refractivity contribution in [3.63, 3.8) is 0 Å². The summed E-state index contributed by atoms with van der Waals surface area (Å²) in [5.74, 6) is -0.171. The molecule has 0 spiro atoms. The van der Waals surface area contributed by atoms with Crippen LogP contribution >= 0.6 is 0 Å². The largest absolute Gasteiger partial charge is 0.359 e. The van der Waals surface area contributed by atoms with E-state index in [4.69, 9.17) is 5.73 Å². The first kappa shape index (κ1) is 15.9. The van der Waals surface area contributed by atoms with Crippen LogP contribution in [0.25, 0.3) is 0 Å². The van der Waals surface area contributed by atoms with Crippen molar-refractivity contribution in [2.45, 2.75) is 46.1 Å². The van der Waals surface area contributed by atoms with Crippen molar-refractivity contribution >= 4 is 11.8 Å². The monoisotopic (exact) mass is 243 g/mol. The first-order valence-electron chi connectivity index (χ1n) is 5.97. The van der Waals surface area contributed by atoms with E-state index in [1.54, 1.807) is 7.05 Å². The molecule has 0 aromatic heterocycles. The summed E-state index contributed by atoms with van der Waals surface area (Å²) in [5.41, 5.74) is 6.01.